The molecule has 0 spiro atoms. The number of fused-ring (bicyclic) bond motifs is 1. The van der Waals surface area contributed by atoms with Gasteiger partial charge in [0, 0.05) is 22.6 Å². The number of hydrogen-bond donors (Lipinski definition) is 1. The minimum atomic E-state index is -3.82. The molecule has 0 unspecified atom stereocenters. The van der Waals surface area contributed by atoms with Gasteiger partial charge in [-0.05, 0) is 60.5 Å². The lowest BCUT2D eigenvalue weighted by atomic mass is 10.1. The van der Waals surface area contributed by atoms with Crippen LogP contribution in [0.15, 0.2) is 82.8 Å². The summed E-state index contributed by atoms with van der Waals surface area (Å²) in [6, 6.07) is 20.6. The van der Waals surface area contributed by atoms with Gasteiger partial charge in [-0.25, -0.2) is 4.83 Å². The summed E-state index contributed by atoms with van der Waals surface area (Å²) in [5.41, 5.74) is 3.33. The molecule has 1 aromatic heterocycles. The van der Waals surface area contributed by atoms with E-state index in [-0.39, 0.29) is 10.5 Å². The van der Waals surface area contributed by atoms with Crippen molar-refractivity contribution < 1.29 is 18.3 Å². The first-order valence-corrected chi connectivity index (χ1v) is 11.3. The van der Waals surface area contributed by atoms with Crippen LogP contribution in [0.3, 0.4) is 0 Å². The van der Waals surface area contributed by atoms with E-state index in [1.165, 1.54) is 18.3 Å². The molecular formula is C24H20N3O4S-. The van der Waals surface area contributed by atoms with Gasteiger partial charge in [0.05, 0.1) is 17.1 Å². The fourth-order valence-electron chi connectivity index (χ4n) is 3.61. The fourth-order valence-corrected chi connectivity index (χ4v) is 4.44. The van der Waals surface area contributed by atoms with Crippen molar-refractivity contribution in [3.8, 4) is 5.69 Å². The van der Waals surface area contributed by atoms with E-state index in [0.29, 0.717) is 0 Å². The molecule has 0 aliphatic rings. The van der Waals surface area contributed by atoms with Gasteiger partial charge in [0.2, 0.25) is 0 Å². The van der Waals surface area contributed by atoms with Crippen LogP contribution in [0, 0.1) is 13.8 Å². The van der Waals surface area contributed by atoms with E-state index in [4.69, 9.17) is 0 Å². The molecule has 0 amide bonds. The third-order valence-electron chi connectivity index (χ3n) is 5.24. The Morgan fingerprint density at radius 3 is 2.34 bits per heavy atom. The minimum Gasteiger partial charge on any atom is -0.545 e. The van der Waals surface area contributed by atoms with Gasteiger partial charge < -0.3 is 14.5 Å². The van der Waals surface area contributed by atoms with Gasteiger partial charge in [0.25, 0.3) is 10.0 Å². The number of nitrogens with one attached hydrogen (secondary N) is 1. The van der Waals surface area contributed by atoms with Crippen molar-refractivity contribution in [2.45, 2.75) is 18.7 Å². The number of carbonyl (C=O) groups is 1. The molecule has 0 atom stereocenters. The molecule has 0 aliphatic carbocycles. The number of benzene rings is 3. The quantitative estimate of drug-likeness (QED) is 0.363. The van der Waals surface area contributed by atoms with Gasteiger partial charge in [0.1, 0.15) is 0 Å². The van der Waals surface area contributed by atoms with E-state index in [9.17, 15) is 18.3 Å². The van der Waals surface area contributed by atoms with Crippen LogP contribution in [0.5, 0.6) is 0 Å². The third kappa shape index (κ3) is 4.13. The second-order valence-corrected chi connectivity index (χ2v) is 9.02. The highest BCUT2D eigenvalue weighted by Gasteiger charge is 2.14. The van der Waals surface area contributed by atoms with Crippen molar-refractivity contribution in [3.05, 3.63) is 95.3 Å². The Hall–Kier alpha value is -3.91. The Labute approximate surface area is 185 Å². The molecule has 4 aromatic rings. The molecule has 0 bridgehead atoms. The lowest BCUT2D eigenvalue weighted by molar-refractivity contribution is -0.255. The zero-order valence-electron chi connectivity index (χ0n) is 17.4. The number of sulfonamides is 1. The molecule has 162 valence electrons. The number of rotatable bonds is 6. The molecule has 1 heterocycles. The largest absolute Gasteiger partial charge is 0.545 e. The maximum absolute atomic E-state index is 12.6. The third-order valence-corrected chi connectivity index (χ3v) is 6.46. The number of carboxylic acid groups (broad SMARTS) is 1. The highest BCUT2D eigenvalue weighted by molar-refractivity contribution is 7.89. The number of carbonyl (C=O) groups excluding carboxylic acids is 1. The second-order valence-electron chi connectivity index (χ2n) is 7.36. The number of nitrogens with zero attached hydrogens (tertiary/aromatic N) is 2. The number of hydrazone groups is 1. The molecule has 32 heavy (non-hydrogen) atoms. The number of aryl methyl sites for hydroxylation is 1. The average molecular weight is 447 g/mol. The van der Waals surface area contributed by atoms with Crippen LogP contribution >= 0.6 is 0 Å². The highest BCUT2D eigenvalue weighted by Crippen LogP contribution is 2.21. The molecule has 0 radical (unpaired) electrons. The first kappa shape index (κ1) is 21.3. The maximum atomic E-state index is 12.6. The number of aromatic nitrogens is 1. The topological polar surface area (TPSA) is 104 Å². The summed E-state index contributed by atoms with van der Waals surface area (Å²) < 4.78 is 27.2. The van der Waals surface area contributed by atoms with Crippen LogP contribution < -0.4 is 9.94 Å². The summed E-state index contributed by atoms with van der Waals surface area (Å²) in [7, 11) is -3.82. The predicted molar refractivity (Wildman–Crippen MR) is 121 cm³/mol. The van der Waals surface area contributed by atoms with Crippen molar-refractivity contribution >= 4 is 33.0 Å². The smallest absolute Gasteiger partial charge is 0.276 e. The number of hydrogen-bond acceptors (Lipinski definition) is 5. The van der Waals surface area contributed by atoms with Crippen LogP contribution in [0.2, 0.25) is 0 Å². The molecule has 7 nitrogen and oxygen atoms in total. The van der Waals surface area contributed by atoms with Crippen LogP contribution in [0.4, 0.5) is 0 Å². The molecule has 3 aromatic carbocycles. The van der Waals surface area contributed by atoms with Gasteiger partial charge in [0.15, 0.2) is 0 Å². The van der Waals surface area contributed by atoms with Gasteiger partial charge in [-0.15, -0.1) is 0 Å². The minimum absolute atomic E-state index is 0.0982. The van der Waals surface area contributed by atoms with E-state index in [1.807, 2.05) is 48.7 Å². The first-order chi connectivity index (χ1) is 15.3. The lowest BCUT2D eigenvalue weighted by Gasteiger charge is -2.11. The van der Waals surface area contributed by atoms with E-state index >= 15 is 0 Å². The predicted octanol–water partition coefficient (Wildman–Crippen LogP) is 2.92. The van der Waals surface area contributed by atoms with E-state index in [2.05, 4.69) is 9.93 Å². The van der Waals surface area contributed by atoms with Gasteiger partial charge >= 0.3 is 0 Å². The summed E-state index contributed by atoms with van der Waals surface area (Å²) in [6.45, 7) is 3.77. The normalized spacial score (nSPS) is 11.8. The van der Waals surface area contributed by atoms with Crippen molar-refractivity contribution in [2.75, 3.05) is 0 Å². The summed E-state index contributed by atoms with van der Waals surface area (Å²) in [5.74, 6) is -1.23. The summed E-state index contributed by atoms with van der Waals surface area (Å²) in [4.78, 5) is 13.4. The Kier molecular flexibility index (Phi) is 5.54. The van der Waals surface area contributed by atoms with E-state index < -0.39 is 16.0 Å². The van der Waals surface area contributed by atoms with Crippen molar-refractivity contribution in [1.82, 2.24) is 9.40 Å². The lowest BCUT2D eigenvalue weighted by Crippen LogP contribution is -2.22. The molecule has 0 saturated carbocycles. The molecular weight excluding hydrogens is 426 g/mol. The highest BCUT2D eigenvalue weighted by atomic mass is 32.2. The van der Waals surface area contributed by atoms with Crippen LogP contribution in [0.1, 0.15) is 27.3 Å². The Bertz CT molecular complexity index is 1450. The molecule has 1 N–H and O–H groups in total. The van der Waals surface area contributed by atoms with Crippen molar-refractivity contribution in [2.24, 2.45) is 5.10 Å². The molecule has 4 rings (SSSR count). The summed E-state index contributed by atoms with van der Waals surface area (Å²) in [6.07, 6.45) is 1.45. The fraction of sp³-hybridized carbons (Fsp3) is 0.0833. The SMILES string of the molecule is Cc1cc(/C=N/NS(=O)(=O)c2ccc3ccccc3c2)c(C)n1-c1ccc(C(=O)[O-])cc1. The monoisotopic (exact) mass is 446 g/mol. The second kappa shape index (κ2) is 8.32. The standard InChI is InChI=1S/C24H21N3O4S/c1-16-13-21(17(2)27(16)22-10-7-19(8-11-22)24(28)29)15-25-26-32(30,31)23-12-9-18-5-3-4-6-20(18)14-23/h3-15,26H,1-2H3,(H,28,29)/p-1/b25-15+. The Morgan fingerprint density at radius 2 is 1.66 bits per heavy atom. The van der Waals surface area contributed by atoms with Gasteiger partial charge in [-0.2, -0.15) is 13.5 Å². The molecule has 0 saturated heterocycles. The van der Waals surface area contributed by atoms with Crippen LogP contribution in [-0.2, 0) is 10.0 Å². The molecule has 0 fully saturated rings. The zero-order valence-corrected chi connectivity index (χ0v) is 18.3. The summed E-state index contributed by atoms with van der Waals surface area (Å²) >= 11 is 0. The Balaban J connectivity index is 1.57. The first-order valence-electron chi connectivity index (χ1n) is 9.81. The van der Waals surface area contributed by atoms with Crippen LogP contribution in [0.25, 0.3) is 16.5 Å². The molecule has 0 aliphatic heterocycles. The van der Waals surface area contributed by atoms with Gasteiger partial charge in [-0.3, -0.25) is 0 Å². The van der Waals surface area contributed by atoms with E-state index in [0.717, 1.165) is 33.4 Å². The van der Waals surface area contributed by atoms with Crippen LogP contribution in [-0.4, -0.2) is 25.2 Å². The summed E-state index contributed by atoms with van der Waals surface area (Å²) in [5, 5.41) is 16.7. The van der Waals surface area contributed by atoms with Crippen molar-refractivity contribution in [1.29, 1.82) is 0 Å². The van der Waals surface area contributed by atoms with Crippen molar-refractivity contribution in [3.63, 3.8) is 0 Å². The average Bonchev–Trinajstić information content (AvgIpc) is 3.06. The molecule has 8 heteroatoms. The number of carboxylic acids is 1. The van der Waals surface area contributed by atoms with Gasteiger partial charge in [-0.1, -0.05) is 42.5 Å². The number of aromatic carboxylic acids is 1. The zero-order chi connectivity index (χ0) is 22.9. The Morgan fingerprint density at radius 1 is 0.969 bits per heavy atom. The maximum Gasteiger partial charge on any atom is 0.276 e. The van der Waals surface area contributed by atoms with E-state index in [1.54, 1.807) is 30.3 Å².